The highest BCUT2D eigenvalue weighted by Crippen LogP contribution is 2.36. The van der Waals surface area contributed by atoms with Crippen LogP contribution in [-0.4, -0.2) is 16.0 Å². The molecule has 0 bridgehead atoms. The van der Waals surface area contributed by atoms with E-state index >= 15 is 0 Å². The average Bonchev–Trinajstić information content (AvgIpc) is 3.19. The van der Waals surface area contributed by atoms with Crippen molar-refractivity contribution in [1.29, 1.82) is 0 Å². The molecule has 0 aliphatic rings. The summed E-state index contributed by atoms with van der Waals surface area (Å²) in [6.07, 6.45) is 0. The van der Waals surface area contributed by atoms with Gasteiger partial charge in [-0.05, 0) is 66.2 Å². The smallest absolute Gasteiger partial charge is 0.257 e. The van der Waals surface area contributed by atoms with Crippen molar-refractivity contribution in [3.8, 4) is 10.6 Å². The van der Waals surface area contributed by atoms with Gasteiger partial charge in [0, 0.05) is 15.6 Å². The molecule has 0 radical (unpaired) electrons. The number of fused-ring (bicyclic) bond motifs is 1. The Labute approximate surface area is 198 Å². The number of aromatic nitrogens is 1. The predicted octanol–water partition coefficient (Wildman–Crippen LogP) is 6.98. The number of nitrogens with one attached hydrogen (secondary N) is 2. The fourth-order valence-electron chi connectivity index (χ4n) is 3.14. The van der Waals surface area contributed by atoms with Crippen molar-refractivity contribution in [2.75, 3.05) is 5.32 Å². The van der Waals surface area contributed by atoms with Gasteiger partial charge in [0.25, 0.3) is 5.91 Å². The molecule has 0 saturated carbocycles. The molecule has 156 valence electrons. The minimum absolute atomic E-state index is 0.239. The van der Waals surface area contributed by atoms with Crippen LogP contribution in [0.5, 0.6) is 0 Å². The van der Waals surface area contributed by atoms with Crippen LogP contribution in [0.3, 0.4) is 0 Å². The predicted molar refractivity (Wildman–Crippen MR) is 137 cm³/mol. The average molecular weight is 510 g/mol. The first-order valence-corrected chi connectivity index (χ1v) is 11.8. The Morgan fingerprint density at radius 1 is 1.06 bits per heavy atom. The number of hydrogen-bond donors (Lipinski definition) is 2. The molecule has 4 nitrogen and oxygen atoms in total. The van der Waals surface area contributed by atoms with E-state index < -0.39 is 0 Å². The van der Waals surface area contributed by atoms with Gasteiger partial charge in [-0.3, -0.25) is 10.1 Å². The molecule has 4 rings (SSSR count). The zero-order chi connectivity index (χ0) is 22.0. The number of anilines is 1. The number of nitrogens with zero attached hydrogens (tertiary/aromatic N) is 1. The summed E-state index contributed by atoms with van der Waals surface area (Å²) in [6, 6.07) is 21.4. The van der Waals surface area contributed by atoms with E-state index in [0.717, 1.165) is 30.9 Å². The van der Waals surface area contributed by atoms with Gasteiger partial charge in [-0.1, -0.05) is 54.0 Å². The summed E-state index contributed by atoms with van der Waals surface area (Å²) in [6.45, 7) is 4.24. The van der Waals surface area contributed by atoms with Gasteiger partial charge in [-0.2, -0.15) is 0 Å². The molecule has 0 saturated heterocycles. The zero-order valence-corrected chi connectivity index (χ0v) is 20.2. The molecule has 3 aromatic carbocycles. The van der Waals surface area contributed by atoms with Gasteiger partial charge in [-0.15, -0.1) is 11.3 Å². The van der Waals surface area contributed by atoms with E-state index in [-0.39, 0.29) is 11.0 Å². The molecule has 0 fully saturated rings. The highest BCUT2D eigenvalue weighted by Gasteiger charge is 2.14. The summed E-state index contributed by atoms with van der Waals surface area (Å²) in [5, 5.41) is 7.04. The molecule has 7 heteroatoms. The quantitative estimate of drug-likeness (QED) is 0.291. The number of halogens is 1. The van der Waals surface area contributed by atoms with Gasteiger partial charge in [0.2, 0.25) is 0 Å². The lowest BCUT2D eigenvalue weighted by molar-refractivity contribution is 0.0977. The first-order chi connectivity index (χ1) is 14.9. The second-order valence-electron chi connectivity index (χ2n) is 7.36. The number of amides is 1. The molecule has 0 aliphatic heterocycles. The second kappa shape index (κ2) is 9.26. The largest absolute Gasteiger partial charge is 0.332 e. The maximum Gasteiger partial charge on any atom is 0.257 e. The van der Waals surface area contributed by atoms with Crippen LogP contribution >= 0.6 is 39.5 Å². The molecule has 1 aromatic heterocycles. The molecule has 0 aliphatic carbocycles. The van der Waals surface area contributed by atoms with Gasteiger partial charge < -0.3 is 5.32 Å². The molecule has 1 amide bonds. The van der Waals surface area contributed by atoms with Crippen LogP contribution in [0.15, 0.2) is 71.2 Å². The van der Waals surface area contributed by atoms with Gasteiger partial charge in [0.1, 0.15) is 5.01 Å². The van der Waals surface area contributed by atoms with Crippen molar-refractivity contribution in [3.05, 3.63) is 82.3 Å². The minimum atomic E-state index is -0.244. The fraction of sp³-hybridized carbons (Fsp3) is 0.125. The van der Waals surface area contributed by atoms with Crippen LogP contribution in [0.4, 0.5) is 5.69 Å². The number of rotatable bonds is 4. The SMILES string of the molecule is CC(C)c1ccc(C(=O)NC(=S)Nc2ccc(Br)cc2-c2nc3ccccc3s2)cc1. The van der Waals surface area contributed by atoms with Crippen LogP contribution < -0.4 is 10.6 Å². The highest BCUT2D eigenvalue weighted by molar-refractivity contribution is 9.10. The number of carbonyl (C=O) groups is 1. The molecule has 0 unspecified atom stereocenters. The van der Waals surface area contributed by atoms with Crippen LogP contribution in [-0.2, 0) is 0 Å². The van der Waals surface area contributed by atoms with Crippen LogP contribution in [0.2, 0.25) is 0 Å². The first kappa shape index (κ1) is 21.6. The standard InChI is InChI=1S/C24H20BrN3OS2/c1-14(2)15-7-9-16(10-8-15)22(29)28-24(30)27-19-12-11-17(25)13-18(19)23-26-20-5-3-4-6-21(20)31-23/h3-14H,1-2H3,(H2,27,28,29,30). The maximum absolute atomic E-state index is 12.6. The van der Waals surface area contributed by atoms with Crippen molar-refractivity contribution >= 4 is 66.4 Å². The van der Waals surface area contributed by atoms with E-state index in [4.69, 9.17) is 17.2 Å². The van der Waals surface area contributed by atoms with E-state index in [9.17, 15) is 4.79 Å². The number of para-hydroxylation sites is 1. The van der Waals surface area contributed by atoms with Gasteiger partial charge in [0.05, 0.1) is 15.9 Å². The Morgan fingerprint density at radius 3 is 2.52 bits per heavy atom. The normalized spacial score (nSPS) is 11.0. The molecule has 0 atom stereocenters. The Hall–Kier alpha value is -2.61. The first-order valence-electron chi connectivity index (χ1n) is 9.78. The Balaban J connectivity index is 1.53. The third kappa shape index (κ3) is 5.01. The number of benzene rings is 3. The number of hydrogen-bond acceptors (Lipinski definition) is 4. The van der Waals surface area contributed by atoms with E-state index in [2.05, 4.69) is 46.5 Å². The molecule has 2 N–H and O–H groups in total. The molecule has 0 spiro atoms. The Bertz CT molecular complexity index is 1230. The van der Waals surface area contributed by atoms with Crippen molar-refractivity contribution < 1.29 is 4.79 Å². The van der Waals surface area contributed by atoms with Crippen molar-refractivity contribution in [2.45, 2.75) is 19.8 Å². The Morgan fingerprint density at radius 2 is 1.81 bits per heavy atom. The van der Waals surface area contributed by atoms with Crippen molar-refractivity contribution in [3.63, 3.8) is 0 Å². The monoisotopic (exact) mass is 509 g/mol. The molecule has 1 heterocycles. The van der Waals surface area contributed by atoms with Crippen LogP contribution in [0.25, 0.3) is 20.8 Å². The Kier molecular flexibility index (Phi) is 6.46. The number of thiazole rings is 1. The summed E-state index contributed by atoms with van der Waals surface area (Å²) in [5.41, 5.74) is 4.40. The van der Waals surface area contributed by atoms with Crippen LogP contribution in [0, 0.1) is 0 Å². The minimum Gasteiger partial charge on any atom is -0.332 e. The zero-order valence-electron chi connectivity index (χ0n) is 17.0. The molecular formula is C24H20BrN3OS2. The lowest BCUT2D eigenvalue weighted by Gasteiger charge is -2.13. The lowest BCUT2D eigenvalue weighted by Crippen LogP contribution is -2.34. The van der Waals surface area contributed by atoms with E-state index in [1.165, 1.54) is 5.56 Å². The third-order valence-electron chi connectivity index (χ3n) is 4.82. The van der Waals surface area contributed by atoms with Crippen LogP contribution in [0.1, 0.15) is 35.7 Å². The summed E-state index contributed by atoms with van der Waals surface area (Å²) >= 11 is 10.6. The maximum atomic E-state index is 12.6. The summed E-state index contributed by atoms with van der Waals surface area (Å²) in [4.78, 5) is 17.3. The van der Waals surface area contributed by atoms with Crippen molar-refractivity contribution in [2.24, 2.45) is 0 Å². The highest BCUT2D eigenvalue weighted by atomic mass is 79.9. The van der Waals surface area contributed by atoms with Crippen molar-refractivity contribution in [1.82, 2.24) is 10.3 Å². The van der Waals surface area contributed by atoms with Gasteiger partial charge >= 0.3 is 0 Å². The summed E-state index contributed by atoms with van der Waals surface area (Å²) in [5.74, 6) is 0.171. The lowest BCUT2D eigenvalue weighted by atomic mass is 10.0. The summed E-state index contributed by atoms with van der Waals surface area (Å²) < 4.78 is 2.05. The van der Waals surface area contributed by atoms with E-state index in [1.54, 1.807) is 11.3 Å². The third-order valence-corrected chi connectivity index (χ3v) is 6.59. The van der Waals surface area contributed by atoms with E-state index in [1.807, 2.05) is 60.7 Å². The molecule has 31 heavy (non-hydrogen) atoms. The number of carbonyl (C=O) groups excluding carboxylic acids is 1. The molecule has 4 aromatic rings. The van der Waals surface area contributed by atoms with Gasteiger partial charge in [-0.25, -0.2) is 4.98 Å². The second-order valence-corrected chi connectivity index (χ2v) is 9.72. The fourth-order valence-corrected chi connectivity index (χ4v) is 4.70. The van der Waals surface area contributed by atoms with E-state index in [0.29, 0.717) is 11.5 Å². The van der Waals surface area contributed by atoms with Gasteiger partial charge in [0.15, 0.2) is 5.11 Å². The summed E-state index contributed by atoms with van der Waals surface area (Å²) in [7, 11) is 0. The molecular weight excluding hydrogens is 490 g/mol. The number of thiocarbonyl (C=S) groups is 1. The topological polar surface area (TPSA) is 54.0 Å².